The van der Waals surface area contributed by atoms with Gasteiger partial charge in [0.15, 0.2) is 0 Å². The first kappa shape index (κ1) is 26.7. The molecule has 2 heterocycles. The highest BCUT2D eigenvalue weighted by molar-refractivity contribution is 6.11. The monoisotopic (exact) mass is 547 g/mol. The average molecular weight is 548 g/mol. The molecule has 1 aliphatic carbocycles. The number of aromatic nitrogens is 1. The molecule has 3 N–H and O–H groups in total. The van der Waals surface area contributed by atoms with Crippen LogP contribution in [0.1, 0.15) is 39.1 Å². The molecule has 8 nitrogen and oxygen atoms in total. The van der Waals surface area contributed by atoms with Crippen LogP contribution >= 0.6 is 0 Å². The number of nitrogens with zero attached hydrogens (tertiary/aromatic N) is 2. The molecule has 2 amide bonds. The molecule has 1 saturated carbocycles. The molecule has 0 spiro atoms. The number of nitrogens with one attached hydrogen (secondary N) is 3. The second-order valence-corrected chi connectivity index (χ2v) is 9.69. The van der Waals surface area contributed by atoms with Gasteiger partial charge in [-0.2, -0.15) is 23.4 Å². The maximum atomic E-state index is 13.2. The van der Waals surface area contributed by atoms with Gasteiger partial charge < -0.3 is 20.4 Å². The number of anilines is 1. The Morgan fingerprint density at radius 2 is 1.80 bits per heavy atom. The van der Waals surface area contributed by atoms with Crippen LogP contribution in [0.3, 0.4) is 0 Å². The number of pyridine rings is 1. The number of carbonyl (C=O) groups is 2. The SMILES string of the molecule is CNC(=O)c1c(-c2ccc(C)cc2)oc2nc(NCC(F)(F)F)c(-c3cccc(C(=O)NC4(C#N)CC4)c3)cc12. The summed E-state index contributed by atoms with van der Waals surface area (Å²) in [5, 5.41) is 17.2. The fraction of sp³-hybridized carbons (Fsp3) is 0.241. The molecule has 2 aromatic heterocycles. The Bertz CT molecular complexity index is 1670. The summed E-state index contributed by atoms with van der Waals surface area (Å²) >= 11 is 0. The molecule has 40 heavy (non-hydrogen) atoms. The van der Waals surface area contributed by atoms with Crippen molar-refractivity contribution in [3.63, 3.8) is 0 Å². The second kappa shape index (κ2) is 10.0. The minimum absolute atomic E-state index is 0.0267. The van der Waals surface area contributed by atoms with Crippen LogP contribution in [0, 0.1) is 18.3 Å². The molecule has 5 rings (SSSR count). The zero-order chi connectivity index (χ0) is 28.7. The van der Waals surface area contributed by atoms with E-state index in [0.717, 1.165) is 5.56 Å². The largest absolute Gasteiger partial charge is 0.437 e. The zero-order valence-electron chi connectivity index (χ0n) is 21.6. The highest BCUT2D eigenvalue weighted by Gasteiger charge is 2.44. The third-order valence-electron chi connectivity index (χ3n) is 6.66. The normalized spacial score (nSPS) is 13.9. The van der Waals surface area contributed by atoms with E-state index in [9.17, 15) is 28.0 Å². The van der Waals surface area contributed by atoms with E-state index < -0.39 is 30.1 Å². The lowest BCUT2D eigenvalue weighted by atomic mass is 9.99. The Morgan fingerprint density at radius 1 is 1.07 bits per heavy atom. The lowest BCUT2D eigenvalue weighted by Gasteiger charge is -2.14. The van der Waals surface area contributed by atoms with Gasteiger partial charge in [0.05, 0.1) is 17.0 Å². The molecule has 0 saturated heterocycles. The van der Waals surface area contributed by atoms with E-state index in [1.54, 1.807) is 30.3 Å². The predicted molar refractivity (Wildman–Crippen MR) is 143 cm³/mol. The van der Waals surface area contributed by atoms with Gasteiger partial charge in [-0.1, -0.05) is 42.0 Å². The molecular weight excluding hydrogens is 523 g/mol. The third-order valence-corrected chi connectivity index (χ3v) is 6.66. The Kier molecular flexibility index (Phi) is 6.71. The number of amides is 2. The smallest absolute Gasteiger partial charge is 0.405 e. The molecule has 0 radical (unpaired) electrons. The van der Waals surface area contributed by atoms with E-state index >= 15 is 0 Å². The van der Waals surface area contributed by atoms with Gasteiger partial charge in [0.25, 0.3) is 11.8 Å². The van der Waals surface area contributed by atoms with Gasteiger partial charge in [0.1, 0.15) is 23.7 Å². The quantitative estimate of drug-likeness (QED) is 0.278. The predicted octanol–water partition coefficient (Wildman–Crippen LogP) is 5.59. The summed E-state index contributed by atoms with van der Waals surface area (Å²) in [6.07, 6.45) is -3.44. The van der Waals surface area contributed by atoms with Gasteiger partial charge in [-0.3, -0.25) is 9.59 Å². The fourth-order valence-electron chi connectivity index (χ4n) is 4.33. The second-order valence-electron chi connectivity index (χ2n) is 9.69. The van der Waals surface area contributed by atoms with Crippen molar-refractivity contribution < 1.29 is 27.2 Å². The van der Waals surface area contributed by atoms with Crippen molar-refractivity contribution in [2.24, 2.45) is 0 Å². The van der Waals surface area contributed by atoms with Crippen molar-refractivity contribution >= 4 is 28.7 Å². The van der Waals surface area contributed by atoms with Gasteiger partial charge in [0.2, 0.25) is 5.71 Å². The molecular formula is C29H24F3N5O3. The zero-order valence-corrected chi connectivity index (χ0v) is 21.6. The number of aryl methyl sites for hydroxylation is 1. The molecule has 1 aliphatic rings. The number of benzene rings is 2. The maximum Gasteiger partial charge on any atom is 0.405 e. The van der Waals surface area contributed by atoms with Crippen molar-refractivity contribution in [1.29, 1.82) is 5.26 Å². The van der Waals surface area contributed by atoms with Gasteiger partial charge in [0, 0.05) is 23.7 Å². The van der Waals surface area contributed by atoms with Crippen LogP contribution < -0.4 is 16.0 Å². The molecule has 1 fully saturated rings. The van der Waals surface area contributed by atoms with Crippen molar-refractivity contribution in [3.05, 3.63) is 71.3 Å². The van der Waals surface area contributed by atoms with Crippen LogP contribution in [0.2, 0.25) is 0 Å². The number of furan rings is 1. The molecule has 0 aliphatic heterocycles. The van der Waals surface area contributed by atoms with Gasteiger partial charge in [-0.15, -0.1) is 0 Å². The Hall–Kier alpha value is -4.85. The van der Waals surface area contributed by atoms with Crippen molar-refractivity contribution in [2.45, 2.75) is 31.5 Å². The van der Waals surface area contributed by atoms with E-state index in [0.29, 0.717) is 29.4 Å². The minimum atomic E-state index is -4.53. The van der Waals surface area contributed by atoms with E-state index in [1.807, 2.05) is 19.1 Å². The van der Waals surface area contributed by atoms with E-state index in [4.69, 9.17) is 4.42 Å². The van der Waals surface area contributed by atoms with Crippen molar-refractivity contribution in [3.8, 4) is 28.5 Å². The van der Waals surface area contributed by atoms with Gasteiger partial charge in [-0.05, 0) is 43.5 Å². The average Bonchev–Trinajstić information content (AvgIpc) is 3.61. The molecule has 0 unspecified atom stereocenters. The van der Waals surface area contributed by atoms with Crippen LogP contribution in [-0.2, 0) is 0 Å². The van der Waals surface area contributed by atoms with Crippen molar-refractivity contribution in [2.75, 3.05) is 18.9 Å². The molecule has 11 heteroatoms. The third kappa shape index (κ3) is 5.33. The number of fused-ring (bicyclic) bond motifs is 1. The maximum absolute atomic E-state index is 13.2. The first-order valence-electron chi connectivity index (χ1n) is 12.4. The summed E-state index contributed by atoms with van der Waals surface area (Å²) in [5.41, 5.74) is 1.68. The standard InChI is InChI=1S/C29H24F3N5O3/c1-16-6-8-17(9-7-16)23-22(26(39)34-2)21-13-20(24(36-27(21)40-23)35-15-29(30,31)32)18-4-3-5-19(12-18)25(38)37-28(14-33)10-11-28/h3-9,12-13H,10-11,15H2,1-2H3,(H,34,39)(H,35,36)(H,37,38). The highest BCUT2D eigenvalue weighted by atomic mass is 19.4. The summed E-state index contributed by atoms with van der Waals surface area (Å²) < 4.78 is 45.5. The molecule has 0 atom stereocenters. The highest BCUT2D eigenvalue weighted by Crippen LogP contribution is 2.39. The fourth-order valence-corrected chi connectivity index (χ4v) is 4.33. The number of nitriles is 1. The van der Waals surface area contributed by atoms with E-state index in [1.165, 1.54) is 19.2 Å². The van der Waals surface area contributed by atoms with Crippen LogP contribution in [-0.4, -0.2) is 42.1 Å². The van der Waals surface area contributed by atoms with Gasteiger partial charge in [-0.25, -0.2) is 0 Å². The van der Waals surface area contributed by atoms with Crippen LogP contribution in [0.5, 0.6) is 0 Å². The van der Waals surface area contributed by atoms with Crippen LogP contribution in [0.4, 0.5) is 19.0 Å². The lowest BCUT2D eigenvalue weighted by Crippen LogP contribution is -2.35. The Morgan fingerprint density at radius 3 is 2.42 bits per heavy atom. The lowest BCUT2D eigenvalue weighted by molar-refractivity contribution is -0.115. The number of rotatable bonds is 7. The first-order chi connectivity index (χ1) is 19.0. The number of hydrogen-bond donors (Lipinski definition) is 3. The van der Waals surface area contributed by atoms with Gasteiger partial charge >= 0.3 is 6.18 Å². The summed E-state index contributed by atoms with van der Waals surface area (Å²) in [6.45, 7) is 0.547. The minimum Gasteiger partial charge on any atom is -0.437 e. The van der Waals surface area contributed by atoms with E-state index in [2.05, 4.69) is 27.0 Å². The summed E-state index contributed by atoms with van der Waals surface area (Å²) in [5.74, 6) is -0.848. The summed E-state index contributed by atoms with van der Waals surface area (Å²) in [6, 6.07) is 17.1. The topological polar surface area (TPSA) is 120 Å². The molecule has 0 bridgehead atoms. The Balaban J connectivity index is 1.67. The van der Waals surface area contributed by atoms with Crippen molar-refractivity contribution in [1.82, 2.24) is 15.6 Å². The van der Waals surface area contributed by atoms with Crippen LogP contribution in [0.15, 0.2) is 59.0 Å². The molecule has 204 valence electrons. The molecule has 4 aromatic rings. The van der Waals surface area contributed by atoms with Crippen LogP contribution in [0.25, 0.3) is 33.6 Å². The first-order valence-corrected chi connectivity index (χ1v) is 12.4. The number of alkyl halides is 3. The summed E-state index contributed by atoms with van der Waals surface area (Å²) in [7, 11) is 1.46. The summed E-state index contributed by atoms with van der Waals surface area (Å²) in [4.78, 5) is 30.2. The number of hydrogen-bond acceptors (Lipinski definition) is 6. The Labute approximate surface area is 227 Å². The number of carbonyl (C=O) groups excluding carboxylic acids is 2. The van der Waals surface area contributed by atoms with E-state index in [-0.39, 0.29) is 34.0 Å². The molecule has 2 aromatic carbocycles. The number of halogens is 3.